The van der Waals surface area contributed by atoms with E-state index < -0.39 is 27.7 Å². The molecule has 1 aromatic carbocycles. The minimum Gasteiger partial charge on any atom is -0.481 e. The van der Waals surface area contributed by atoms with Gasteiger partial charge in [-0.2, -0.15) is 4.31 Å². The summed E-state index contributed by atoms with van der Waals surface area (Å²) < 4.78 is 39.8. The van der Waals surface area contributed by atoms with Crippen LogP contribution in [0.1, 0.15) is 12.8 Å². The summed E-state index contributed by atoms with van der Waals surface area (Å²) in [6, 6.07) is 4.08. The van der Waals surface area contributed by atoms with E-state index in [1.807, 2.05) is 0 Å². The monoisotopic (exact) mass is 365 g/mol. The van der Waals surface area contributed by atoms with Gasteiger partial charge in [0.15, 0.2) is 5.82 Å². The number of rotatable bonds is 3. The molecule has 1 aliphatic heterocycles. The van der Waals surface area contributed by atoms with Gasteiger partial charge in [-0.1, -0.05) is 6.07 Å². The molecule has 0 bridgehead atoms. The van der Waals surface area contributed by atoms with Gasteiger partial charge in [0.2, 0.25) is 10.0 Å². The molecule has 2 rings (SSSR count). The van der Waals surface area contributed by atoms with Crippen LogP contribution in [-0.2, 0) is 14.8 Å². The third-order valence-electron chi connectivity index (χ3n) is 3.34. The van der Waals surface area contributed by atoms with Crippen molar-refractivity contribution in [3.05, 3.63) is 28.5 Å². The maximum Gasteiger partial charge on any atom is 0.306 e. The van der Waals surface area contributed by atoms with Gasteiger partial charge in [-0.3, -0.25) is 4.79 Å². The van der Waals surface area contributed by atoms with Crippen LogP contribution in [-0.4, -0.2) is 36.9 Å². The second-order valence-electron chi connectivity index (χ2n) is 4.57. The van der Waals surface area contributed by atoms with Crippen molar-refractivity contribution >= 4 is 31.9 Å². The summed E-state index contributed by atoms with van der Waals surface area (Å²) in [6.45, 7) is 0.177. The van der Waals surface area contributed by atoms with E-state index in [-0.39, 0.29) is 35.3 Å². The highest BCUT2D eigenvalue weighted by molar-refractivity contribution is 9.10. The van der Waals surface area contributed by atoms with E-state index in [9.17, 15) is 17.6 Å². The first-order chi connectivity index (χ1) is 9.34. The minimum atomic E-state index is -3.93. The Hall–Kier alpha value is -0.990. The van der Waals surface area contributed by atoms with Crippen molar-refractivity contribution in [1.29, 1.82) is 0 Å². The summed E-state index contributed by atoms with van der Waals surface area (Å²) >= 11 is 2.96. The lowest BCUT2D eigenvalue weighted by molar-refractivity contribution is -0.142. The number of nitrogens with zero attached hydrogens (tertiary/aromatic N) is 1. The Morgan fingerprint density at radius 1 is 1.35 bits per heavy atom. The summed E-state index contributed by atoms with van der Waals surface area (Å²) in [5, 5.41) is 8.89. The fourth-order valence-electron chi connectivity index (χ4n) is 2.17. The zero-order chi connectivity index (χ0) is 14.9. The van der Waals surface area contributed by atoms with Crippen LogP contribution in [0.15, 0.2) is 27.6 Å². The summed E-state index contributed by atoms with van der Waals surface area (Å²) in [5.41, 5.74) is 0. The molecule has 20 heavy (non-hydrogen) atoms. The molecular formula is C12H13BrFNO4S. The molecule has 1 N–H and O–H groups in total. The topological polar surface area (TPSA) is 74.7 Å². The summed E-state index contributed by atoms with van der Waals surface area (Å²) in [5.74, 6) is -2.28. The standard InChI is InChI=1S/C12H13BrFNO4S/c13-9-2-1-3-10(11(9)14)20(18,19)15-6-4-8(5-7-15)12(16)17/h1-3,8H,4-7H2,(H,16,17). The van der Waals surface area contributed by atoms with Gasteiger partial charge in [0, 0.05) is 13.1 Å². The molecule has 0 aliphatic carbocycles. The zero-order valence-corrected chi connectivity index (χ0v) is 12.8. The Balaban J connectivity index is 2.24. The number of hydrogen-bond acceptors (Lipinski definition) is 3. The summed E-state index contributed by atoms with van der Waals surface area (Å²) in [7, 11) is -3.93. The van der Waals surface area contributed by atoms with Crippen LogP contribution in [0.3, 0.4) is 0 Å². The molecule has 1 fully saturated rings. The van der Waals surface area contributed by atoms with Crippen LogP contribution < -0.4 is 0 Å². The number of benzene rings is 1. The van der Waals surface area contributed by atoms with E-state index in [0.29, 0.717) is 0 Å². The van der Waals surface area contributed by atoms with Crippen LogP contribution >= 0.6 is 15.9 Å². The number of aliphatic carboxylic acids is 1. The summed E-state index contributed by atoms with van der Waals surface area (Å²) in [4.78, 5) is 10.5. The van der Waals surface area contributed by atoms with E-state index in [1.54, 1.807) is 0 Å². The van der Waals surface area contributed by atoms with E-state index in [4.69, 9.17) is 5.11 Å². The second kappa shape index (κ2) is 5.79. The van der Waals surface area contributed by atoms with E-state index >= 15 is 0 Å². The largest absolute Gasteiger partial charge is 0.481 e. The molecule has 0 atom stereocenters. The van der Waals surface area contributed by atoms with Crippen molar-refractivity contribution in [3.8, 4) is 0 Å². The van der Waals surface area contributed by atoms with Crippen molar-refractivity contribution < 1.29 is 22.7 Å². The third kappa shape index (κ3) is 2.87. The number of carbonyl (C=O) groups is 1. The number of carboxylic acid groups (broad SMARTS) is 1. The molecule has 110 valence electrons. The molecule has 5 nitrogen and oxygen atoms in total. The minimum absolute atomic E-state index is 0.0824. The highest BCUT2D eigenvalue weighted by Crippen LogP contribution is 2.28. The molecule has 0 spiro atoms. The molecule has 8 heteroatoms. The predicted octanol–water partition coefficient (Wildman–Crippen LogP) is 2.07. The number of hydrogen-bond donors (Lipinski definition) is 1. The van der Waals surface area contributed by atoms with Crippen molar-refractivity contribution in [3.63, 3.8) is 0 Å². The van der Waals surface area contributed by atoms with Crippen molar-refractivity contribution in [2.24, 2.45) is 5.92 Å². The molecule has 1 aromatic rings. The number of sulfonamides is 1. The average Bonchev–Trinajstić information content (AvgIpc) is 2.41. The molecule has 1 heterocycles. The highest BCUT2D eigenvalue weighted by Gasteiger charge is 2.33. The molecule has 0 radical (unpaired) electrons. The van der Waals surface area contributed by atoms with Crippen molar-refractivity contribution in [2.75, 3.05) is 13.1 Å². The van der Waals surface area contributed by atoms with Crippen LogP contribution in [0.4, 0.5) is 4.39 Å². The van der Waals surface area contributed by atoms with E-state index in [0.717, 1.165) is 4.31 Å². The Bertz CT molecular complexity index is 626. The Morgan fingerprint density at radius 3 is 2.50 bits per heavy atom. The van der Waals surface area contributed by atoms with Gasteiger partial charge in [0.1, 0.15) is 4.90 Å². The lowest BCUT2D eigenvalue weighted by atomic mass is 9.99. The van der Waals surface area contributed by atoms with Crippen LogP contribution in [0.2, 0.25) is 0 Å². The maximum atomic E-state index is 13.9. The van der Waals surface area contributed by atoms with Gasteiger partial charge in [0.05, 0.1) is 10.4 Å². The third-order valence-corrected chi connectivity index (χ3v) is 5.87. The average molecular weight is 366 g/mol. The fourth-order valence-corrected chi connectivity index (χ4v) is 4.22. The van der Waals surface area contributed by atoms with E-state index in [1.165, 1.54) is 18.2 Å². The van der Waals surface area contributed by atoms with Crippen LogP contribution in [0.5, 0.6) is 0 Å². The van der Waals surface area contributed by atoms with Gasteiger partial charge < -0.3 is 5.11 Å². The van der Waals surface area contributed by atoms with Gasteiger partial charge >= 0.3 is 5.97 Å². The lowest BCUT2D eigenvalue weighted by Crippen LogP contribution is -2.40. The lowest BCUT2D eigenvalue weighted by Gasteiger charge is -2.29. The van der Waals surface area contributed by atoms with Crippen molar-refractivity contribution in [1.82, 2.24) is 4.31 Å². The SMILES string of the molecule is O=C(O)C1CCN(S(=O)(=O)c2cccc(Br)c2F)CC1. The van der Waals surface area contributed by atoms with Gasteiger partial charge in [0.25, 0.3) is 0 Å². The van der Waals surface area contributed by atoms with Crippen LogP contribution in [0.25, 0.3) is 0 Å². The molecule has 0 saturated carbocycles. The number of piperidine rings is 1. The van der Waals surface area contributed by atoms with Crippen molar-refractivity contribution in [2.45, 2.75) is 17.7 Å². The quantitative estimate of drug-likeness (QED) is 0.889. The number of halogens is 2. The Kier molecular flexibility index (Phi) is 4.46. The molecular weight excluding hydrogens is 353 g/mol. The first kappa shape index (κ1) is 15.4. The predicted molar refractivity (Wildman–Crippen MR) is 73.2 cm³/mol. The van der Waals surface area contributed by atoms with Gasteiger partial charge in [-0.25, -0.2) is 12.8 Å². The van der Waals surface area contributed by atoms with Gasteiger partial charge in [-0.05, 0) is 40.9 Å². The van der Waals surface area contributed by atoms with E-state index in [2.05, 4.69) is 15.9 Å². The smallest absolute Gasteiger partial charge is 0.306 e. The second-order valence-corrected chi connectivity index (χ2v) is 7.33. The molecule has 1 aliphatic rings. The van der Waals surface area contributed by atoms with Crippen LogP contribution in [0, 0.1) is 11.7 Å². The Labute approximate surface area is 124 Å². The normalized spacial score (nSPS) is 18.1. The number of carboxylic acids is 1. The Morgan fingerprint density at radius 2 is 1.95 bits per heavy atom. The fraction of sp³-hybridized carbons (Fsp3) is 0.417. The zero-order valence-electron chi connectivity index (χ0n) is 10.4. The van der Waals surface area contributed by atoms with Gasteiger partial charge in [-0.15, -0.1) is 0 Å². The highest BCUT2D eigenvalue weighted by atomic mass is 79.9. The first-order valence-corrected chi connectivity index (χ1v) is 8.24. The molecule has 0 unspecified atom stereocenters. The molecule has 0 aromatic heterocycles. The summed E-state index contributed by atoms with van der Waals surface area (Å²) in [6.07, 6.45) is 0.481. The first-order valence-electron chi connectivity index (χ1n) is 6.01. The molecule has 0 amide bonds. The maximum absolute atomic E-state index is 13.9. The molecule has 1 saturated heterocycles.